The molecule has 2 heterocycles. The fourth-order valence-corrected chi connectivity index (χ4v) is 2.01. The van der Waals surface area contributed by atoms with Crippen LogP contribution in [0.3, 0.4) is 0 Å². The van der Waals surface area contributed by atoms with Crippen LogP contribution < -0.4 is 11.4 Å². The summed E-state index contributed by atoms with van der Waals surface area (Å²) in [7, 11) is 1.40. The maximum Gasteiger partial charge on any atom is 0.351 e. The van der Waals surface area contributed by atoms with Crippen LogP contribution in [0.25, 0.3) is 0 Å². The van der Waals surface area contributed by atoms with Gasteiger partial charge in [0, 0.05) is 13.3 Å². The molecule has 0 amide bonds. The average Bonchev–Trinajstić information content (AvgIpc) is 2.66. The molecule has 8 heteroatoms. The molecule has 2 rings (SSSR count). The summed E-state index contributed by atoms with van der Waals surface area (Å²) in [4.78, 5) is 15.2. The van der Waals surface area contributed by atoms with Crippen molar-refractivity contribution in [2.45, 2.75) is 24.5 Å². The Kier molecular flexibility index (Phi) is 3.62. The number of rotatable bonds is 3. The molecule has 0 aliphatic carbocycles. The summed E-state index contributed by atoms with van der Waals surface area (Å²) in [5, 5.41) is 19.1. The van der Waals surface area contributed by atoms with E-state index in [1.807, 2.05) is 0 Å². The van der Waals surface area contributed by atoms with E-state index in [2.05, 4.69) is 4.98 Å². The van der Waals surface area contributed by atoms with E-state index in [0.717, 1.165) is 4.57 Å². The highest BCUT2D eigenvalue weighted by atomic mass is 16.6. The summed E-state index contributed by atoms with van der Waals surface area (Å²) in [6, 6.07) is 1.42. The lowest BCUT2D eigenvalue weighted by molar-refractivity contribution is -0.0568. The maximum absolute atomic E-state index is 11.6. The minimum Gasteiger partial charge on any atom is -0.394 e. The van der Waals surface area contributed by atoms with E-state index in [0.29, 0.717) is 0 Å². The summed E-state index contributed by atoms with van der Waals surface area (Å²) < 4.78 is 11.6. The summed E-state index contributed by atoms with van der Waals surface area (Å²) >= 11 is 0. The minimum absolute atomic E-state index is 0.0886. The van der Waals surface area contributed by atoms with Crippen molar-refractivity contribution in [1.82, 2.24) is 9.55 Å². The van der Waals surface area contributed by atoms with Gasteiger partial charge in [-0.1, -0.05) is 0 Å². The molecule has 1 aromatic heterocycles. The molecule has 1 aromatic rings. The highest BCUT2D eigenvalue weighted by molar-refractivity contribution is 5.23. The van der Waals surface area contributed by atoms with Crippen molar-refractivity contribution in [2.24, 2.45) is 0 Å². The molecule has 0 spiro atoms. The van der Waals surface area contributed by atoms with Gasteiger partial charge in [0.1, 0.15) is 24.1 Å². The van der Waals surface area contributed by atoms with Crippen LogP contribution in [0, 0.1) is 0 Å². The van der Waals surface area contributed by atoms with Crippen LogP contribution in [0.2, 0.25) is 0 Å². The number of nitrogens with zero attached hydrogens (tertiary/aromatic N) is 2. The van der Waals surface area contributed by atoms with Gasteiger partial charge in [-0.25, -0.2) is 4.79 Å². The zero-order valence-corrected chi connectivity index (χ0v) is 9.76. The molecule has 18 heavy (non-hydrogen) atoms. The predicted molar refractivity (Wildman–Crippen MR) is 60.7 cm³/mol. The van der Waals surface area contributed by atoms with Crippen LogP contribution in [-0.4, -0.2) is 51.8 Å². The summed E-state index contributed by atoms with van der Waals surface area (Å²) in [5.41, 5.74) is 4.74. The van der Waals surface area contributed by atoms with Gasteiger partial charge in [-0.2, -0.15) is 4.98 Å². The van der Waals surface area contributed by atoms with Gasteiger partial charge in [0.15, 0.2) is 6.23 Å². The summed E-state index contributed by atoms with van der Waals surface area (Å²) in [6.07, 6.45) is -2.04. The van der Waals surface area contributed by atoms with Crippen molar-refractivity contribution in [3.05, 3.63) is 22.7 Å². The van der Waals surface area contributed by atoms with Gasteiger partial charge in [-0.15, -0.1) is 0 Å². The molecule has 1 fully saturated rings. The molecule has 1 saturated heterocycles. The molecule has 0 radical (unpaired) electrons. The molecule has 8 nitrogen and oxygen atoms in total. The third-order valence-corrected chi connectivity index (χ3v) is 2.89. The highest BCUT2D eigenvalue weighted by Gasteiger charge is 2.45. The second kappa shape index (κ2) is 5.02. The Morgan fingerprint density at radius 2 is 2.39 bits per heavy atom. The highest BCUT2D eigenvalue weighted by Crippen LogP contribution is 2.29. The maximum atomic E-state index is 11.6. The Balaban J connectivity index is 2.32. The Hall–Kier alpha value is -1.48. The van der Waals surface area contributed by atoms with Crippen LogP contribution in [0.15, 0.2) is 17.1 Å². The molecule has 4 atom stereocenters. The van der Waals surface area contributed by atoms with Crippen molar-refractivity contribution in [2.75, 3.05) is 19.5 Å². The Labute approximate surface area is 103 Å². The first-order valence-corrected chi connectivity index (χ1v) is 5.40. The second-order valence-electron chi connectivity index (χ2n) is 3.98. The van der Waals surface area contributed by atoms with E-state index in [9.17, 15) is 9.90 Å². The van der Waals surface area contributed by atoms with Crippen molar-refractivity contribution >= 4 is 5.82 Å². The van der Waals surface area contributed by atoms with Crippen LogP contribution in [0.4, 0.5) is 5.82 Å². The van der Waals surface area contributed by atoms with E-state index in [-0.39, 0.29) is 12.4 Å². The minimum atomic E-state index is -1.07. The molecule has 100 valence electrons. The number of methoxy groups -OCH3 is 1. The van der Waals surface area contributed by atoms with Crippen molar-refractivity contribution in [1.29, 1.82) is 0 Å². The fraction of sp³-hybridized carbons (Fsp3) is 0.600. The number of anilines is 1. The first-order chi connectivity index (χ1) is 8.58. The first kappa shape index (κ1) is 13.0. The average molecular weight is 257 g/mol. The van der Waals surface area contributed by atoms with E-state index < -0.39 is 30.2 Å². The van der Waals surface area contributed by atoms with Crippen LogP contribution in [0.1, 0.15) is 6.23 Å². The van der Waals surface area contributed by atoms with Gasteiger partial charge in [0.25, 0.3) is 0 Å². The van der Waals surface area contributed by atoms with Gasteiger partial charge in [-0.05, 0) is 6.07 Å². The van der Waals surface area contributed by atoms with E-state index >= 15 is 0 Å². The number of hydrogen-bond acceptors (Lipinski definition) is 7. The fourth-order valence-electron chi connectivity index (χ4n) is 2.01. The lowest BCUT2D eigenvalue weighted by atomic mass is 10.1. The number of aliphatic hydroxyl groups is 2. The SMILES string of the molecule is CO[C@H]1C(CO)O[C@@H](n2ccc(N)nc2=O)[C@@H]1O. The zero-order chi connectivity index (χ0) is 13.3. The van der Waals surface area contributed by atoms with Gasteiger partial charge in [-0.3, -0.25) is 4.57 Å². The predicted octanol–water partition coefficient (Wildman–Crippen LogP) is -1.91. The van der Waals surface area contributed by atoms with E-state index in [1.165, 1.54) is 19.4 Å². The van der Waals surface area contributed by atoms with Crippen molar-refractivity contribution in [3.8, 4) is 0 Å². The zero-order valence-electron chi connectivity index (χ0n) is 9.76. The van der Waals surface area contributed by atoms with Gasteiger partial charge in [0.2, 0.25) is 0 Å². The van der Waals surface area contributed by atoms with Crippen molar-refractivity contribution in [3.63, 3.8) is 0 Å². The molecule has 0 bridgehead atoms. The first-order valence-electron chi connectivity index (χ1n) is 5.40. The molecular formula is C10H15N3O5. The van der Waals surface area contributed by atoms with E-state index in [4.69, 9.17) is 20.3 Å². The third-order valence-electron chi connectivity index (χ3n) is 2.89. The lowest BCUT2D eigenvalue weighted by Crippen LogP contribution is -2.37. The third kappa shape index (κ3) is 2.10. The van der Waals surface area contributed by atoms with Crippen molar-refractivity contribution < 1.29 is 19.7 Å². The lowest BCUT2D eigenvalue weighted by Gasteiger charge is -2.18. The number of nitrogen functional groups attached to an aromatic ring is 1. The molecule has 0 aromatic carbocycles. The van der Waals surface area contributed by atoms with Gasteiger partial charge in [0.05, 0.1) is 6.61 Å². The number of hydrogen-bond donors (Lipinski definition) is 3. The normalized spacial score (nSPS) is 31.7. The molecule has 1 aliphatic rings. The number of aliphatic hydroxyl groups excluding tert-OH is 2. The second-order valence-corrected chi connectivity index (χ2v) is 3.98. The monoisotopic (exact) mass is 257 g/mol. The van der Waals surface area contributed by atoms with E-state index in [1.54, 1.807) is 0 Å². The van der Waals surface area contributed by atoms with Crippen LogP contribution in [-0.2, 0) is 9.47 Å². The van der Waals surface area contributed by atoms with Crippen LogP contribution in [0.5, 0.6) is 0 Å². The molecular weight excluding hydrogens is 242 g/mol. The summed E-state index contributed by atoms with van der Waals surface area (Å²) in [6.45, 7) is -0.316. The largest absolute Gasteiger partial charge is 0.394 e. The number of ether oxygens (including phenoxy) is 2. The molecule has 4 N–H and O–H groups in total. The molecule has 1 aliphatic heterocycles. The molecule has 0 saturated carbocycles. The Morgan fingerprint density at radius 3 is 2.89 bits per heavy atom. The Morgan fingerprint density at radius 1 is 1.67 bits per heavy atom. The summed E-state index contributed by atoms with van der Waals surface area (Å²) in [5.74, 6) is 0.0886. The van der Waals surface area contributed by atoms with Gasteiger partial charge >= 0.3 is 5.69 Å². The topological polar surface area (TPSA) is 120 Å². The van der Waals surface area contributed by atoms with Gasteiger partial charge < -0.3 is 25.4 Å². The smallest absolute Gasteiger partial charge is 0.351 e. The number of aromatic nitrogens is 2. The van der Waals surface area contributed by atoms with Crippen LogP contribution >= 0.6 is 0 Å². The quantitative estimate of drug-likeness (QED) is 0.578. The Bertz CT molecular complexity index is 477. The standard InChI is InChI=1S/C10H15N3O5/c1-17-8-5(4-14)18-9(7(8)15)13-3-2-6(11)12-10(13)16/h2-3,5,7-9,14-15H,4H2,1H3,(H2,11,12,16)/t5?,7-,8+,9-/m1/s1. The number of nitrogens with two attached hydrogens (primary N) is 1. The molecule has 1 unspecified atom stereocenters.